The predicted octanol–water partition coefficient (Wildman–Crippen LogP) is 19.1. The Morgan fingerprint density at radius 2 is 0.580 bits per heavy atom. The summed E-state index contributed by atoms with van der Waals surface area (Å²) in [5, 5.41) is 0. The standard InChI is InChI=1S/C63H104O6/c1-4-7-10-13-16-19-22-25-28-30-31-33-35-38-41-44-47-50-53-56-62(65)68-59-60(58-67-61(64)55-52-49-46-43-40-37-34-27-24-21-18-15-12-9-6-3)69-63(66)57-54-51-48-45-42-39-36-32-29-26-23-20-17-14-11-8-5-2/h8,11,16-17,19-20,25-29,31,33-34,36,39,45,48,60H,4-7,9-10,12-15,18,21-24,30,32,35,37-38,40-44,46-47,49-59H2,1-3H3/b11-8-,19-16-,20-17-,28-25-,29-26-,33-31-,34-27-,39-36-,48-45-. The van der Waals surface area contributed by atoms with Crippen LogP contribution in [0.15, 0.2) is 109 Å². The molecule has 0 saturated heterocycles. The van der Waals surface area contributed by atoms with Gasteiger partial charge < -0.3 is 14.2 Å². The topological polar surface area (TPSA) is 78.9 Å². The zero-order valence-corrected chi connectivity index (χ0v) is 44.8. The number of esters is 3. The van der Waals surface area contributed by atoms with Crippen molar-refractivity contribution in [3.8, 4) is 0 Å². The third kappa shape index (κ3) is 54.9. The highest BCUT2D eigenvalue weighted by molar-refractivity contribution is 5.71. The summed E-state index contributed by atoms with van der Waals surface area (Å²) >= 11 is 0. The first-order valence-electron chi connectivity index (χ1n) is 28.4. The number of ether oxygens (including phenoxy) is 3. The largest absolute Gasteiger partial charge is 0.462 e. The molecular weight excluding hydrogens is 853 g/mol. The molecule has 1 unspecified atom stereocenters. The van der Waals surface area contributed by atoms with Crippen LogP contribution in [0.1, 0.15) is 252 Å². The van der Waals surface area contributed by atoms with Crippen LogP contribution in [-0.2, 0) is 28.6 Å². The van der Waals surface area contributed by atoms with Crippen LogP contribution >= 0.6 is 0 Å². The third-order valence-corrected chi connectivity index (χ3v) is 11.7. The Hall–Kier alpha value is -3.93. The SMILES string of the molecule is CC/C=C\C/C=C\C/C=C\C/C=C\C/C=C\CCCC(=O)OC(COC(=O)CCCCCCC/C=C\CCCCCCCC)COC(=O)CCCCCCCC/C=C\C/C=C\C/C=C\CCCCC. The highest BCUT2D eigenvalue weighted by Crippen LogP contribution is 2.13. The number of unbranched alkanes of at least 4 members (excludes halogenated alkanes) is 21. The van der Waals surface area contributed by atoms with Crippen LogP contribution < -0.4 is 0 Å². The maximum atomic E-state index is 12.8. The quantitative estimate of drug-likeness (QED) is 0.0262. The monoisotopic (exact) mass is 957 g/mol. The fourth-order valence-electron chi connectivity index (χ4n) is 7.48. The van der Waals surface area contributed by atoms with E-state index in [4.69, 9.17) is 14.2 Å². The first-order valence-corrected chi connectivity index (χ1v) is 28.4. The first kappa shape index (κ1) is 65.1. The van der Waals surface area contributed by atoms with Gasteiger partial charge in [-0.05, 0) is 122 Å². The van der Waals surface area contributed by atoms with E-state index in [0.717, 1.165) is 116 Å². The van der Waals surface area contributed by atoms with Crippen molar-refractivity contribution in [3.05, 3.63) is 109 Å². The number of allylic oxidation sites excluding steroid dienone is 18. The van der Waals surface area contributed by atoms with Crippen molar-refractivity contribution in [2.75, 3.05) is 13.2 Å². The molecule has 0 aliphatic rings. The third-order valence-electron chi connectivity index (χ3n) is 11.7. The minimum Gasteiger partial charge on any atom is -0.462 e. The summed E-state index contributed by atoms with van der Waals surface area (Å²) < 4.78 is 16.8. The molecule has 0 aromatic rings. The molecule has 0 fully saturated rings. The van der Waals surface area contributed by atoms with Crippen molar-refractivity contribution < 1.29 is 28.6 Å². The fraction of sp³-hybridized carbons (Fsp3) is 0.667. The molecular formula is C63H104O6. The predicted molar refractivity (Wildman–Crippen MR) is 297 cm³/mol. The summed E-state index contributed by atoms with van der Waals surface area (Å²) in [6.45, 7) is 6.43. The fourth-order valence-corrected chi connectivity index (χ4v) is 7.48. The smallest absolute Gasteiger partial charge is 0.306 e. The van der Waals surface area contributed by atoms with Gasteiger partial charge in [0.1, 0.15) is 13.2 Å². The van der Waals surface area contributed by atoms with E-state index in [-0.39, 0.29) is 37.5 Å². The van der Waals surface area contributed by atoms with Crippen LogP contribution in [0.25, 0.3) is 0 Å². The molecule has 1 atom stereocenters. The Balaban J connectivity index is 4.52. The van der Waals surface area contributed by atoms with Crippen LogP contribution in [0.3, 0.4) is 0 Å². The molecule has 0 aliphatic carbocycles. The zero-order chi connectivity index (χ0) is 50.0. The summed E-state index contributed by atoms with van der Waals surface area (Å²) in [5.41, 5.74) is 0. The molecule has 0 amide bonds. The number of hydrogen-bond acceptors (Lipinski definition) is 6. The second-order valence-electron chi connectivity index (χ2n) is 18.5. The molecule has 69 heavy (non-hydrogen) atoms. The maximum Gasteiger partial charge on any atom is 0.306 e. The van der Waals surface area contributed by atoms with Crippen molar-refractivity contribution >= 4 is 17.9 Å². The Morgan fingerprint density at radius 1 is 0.304 bits per heavy atom. The van der Waals surface area contributed by atoms with E-state index in [1.165, 1.54) is 89.9 Å². The normalized spacial score (nSPS) is 12.9. The Kier molecular flexibility index (Phi) is 53.4. The number of carbonyl (C=O) groups is 3. The minimum absolute atomic E-state index is 0.111. The molecule has 0 heterocycles. The highest BCUT2D eigenvalue weighted by Gasteiger charge is 2.19. The van der Waals surface area contributed by atoms with E-state index in [1.807, 2.05) is 0 Å². The average Bonchev–Trinajstić information content (AvgIpc) is 3.35. The van der Waals surface area contributed by atoms with E-state index < -0.39 is 6.10 Å². The van der Waals surface area contributed by atoms with Gasteiger partial charge in [-0.2, -0.15) is 0 Å². The molecule has 0 bridgehead atoms. The first-order chi connectivity index (χ1) is 34.0. The van der Waals surface area contributed by atoms with Crippen LogP contribution in [-0.4, -0.2) is 37.2 Å². The molecule has 392 valence electrons. The van der Waals surface area contributed by atoms with E-state index in [1.54, 1.807) is 0 Å². The van der Waals surface area contributed by atoms with Crippen LogP contribution in [0.2, 0.25) is 0 Å². The molecule has 0 N–H and O–H groups in total. The molecule has 0 radical (unpaired) electrons. The lowest BCUT2D eigenvalue weighted by atomic mass is 10.1. The van der Waals surface area contributed by atoms with Crippen LogP contribution in [0, 0.1) is 0 Å². The zero-order valence-electron chi connectivity index (χ0n) is 44.8. The summed E-state index contributed by atoms with van der Waals surface area (Å²) in [4.78, 5) is 38.1. The van der Waals surface area contributed by atoms with Crippen molar-refractivity contribution in [1.82, 2.24) is 0 Å². The summed E-state index contributed by atoms with van der Waals surface area (Å²) in [6, 6.07) is 0. The lowest BCUT2D eigenvalue weighted by Crippen LogP contribution is -2.30. The molecule has 6 heteroatoms. The van der Waals surface area contributed by atoms with E-state index in [2.05, 4.69) is 130 Å². The van der Waals surface area contributed by atoms with Crippen molar-refractivity contribution in [1.29, 1.82) is 0 Å². The molecule has 0 aromatic heterocycles. The van der Waals surface area contributed by atoms with Crippen molar-refractivity contribution in [2.45, 2.75) is 258 Å². The lowest BCUT2D eigenvalue weighted by molar-refractivity contribution is -0.167. The van der Waals surface area contributed by atoms with Gasteiger partial charge in [0.25, 0.3) is 0 Å². The van der Waals surface area contributed by atoms with Gasteiger partial charge in [-0.1, -0.05) is 220 Å². The molecule has 0 saturated carbocycles. The maximum absolute atomic E-state index is 12.8. The van der Waals surface area contributed by atoms with Gasteiger partial charge in [0.15, 0.2) is 6.10 Å². The van der Waals surface area contributed by atoms with Crippen molar-refractivity contribution in [2.24, 2.45) is 0 Å². The molecule has 0 spiro atoms. The molecule has 6 nitrogen and oxygen atoms in total. The molecule has 0 aliphatic heterocycles. The van der Waals surface area contributed by atoms with Gasteiger partial charge in [0.05, 0.1) is 0 Å². The van der Waals surface area contributed by atoms with Crippen LogP contribution in [0.4, 0.5) is 0 Å². The number of rotatable bonds is 50. The summed E-state index contributed by atoms with van der Waals surface area (Å²) in [5.74, 6) is -0.990. The van der Waals surface area contributed by atoms with Gasteiger partial charge >= 0.3 is 17.9 Å². The molecule has 0 rings (SSSR count). The number of carbonyl (C=O) groups excluding carboxylic acids is 3. The Labute approximate surface area is 425 Å². The van der Waals surface area contributed by atoms with E-state index in [9.17, 15) is 14.4 Å². The summed E-state index contributed by atoms with van der Waals surface area (Å²) in [7, 11) is 0. The van der Waals surface area contributed by atoms with Gasteiger partial charge in [0.2, 0.25) is 0 Å². The van der Waals surface area contributed by atoms with E-state index >= 15 is 0 Å². The second kappa shape index (κ2) is 56.7. The van der Waals surface area contributed by atoms with Gasteiger partial charge in [-0.3, -0.25) is 14.4 Å². The van der Waals surface area contributed by atoms with Crippen molar-refractivity contribution in [3.63, 3.8) is 0 Å². The highest BCUT2D eigenvalue weighted by atomic mass is 16.6. The lowest BCUT2D eigenvalue weighted by Gasteiger charge is -2.18. The average molecular weight is 958 g/mol. The second-order valence-corrected chi connectivity index (χ2v) is 18.5. The number of hydrogen-bond donors (Lipinski definition) is 0. The Bertz CT molecular complexity index is 1420. The van der Waals surface area contributed by atoms with E-state index in [0.29, 0.717) is 19.3 Å². The Morgan fingerprint density at radius 3 is 0.971 bits per heavy atom. The van der Waals surface area contributed by atoms with Gasteiger partial charge in [-0.25, -0.2) is 0 Å². The molecule has 0 aromatic carbocycles. The van der Waals surface area contributed by atoms with Crippen LogP contribution in [0.5, 0.6) is 0 Å². The minimum atomic E-state index is -0.819. The van der Waals surface area contributed by atoms with Gasteiger partial charge in [0, 0.05) is 19.3 Å². The summed E-state index contributed by atoms with van der Waals surface area (Å²) in [6.07, 6.45) is 76.5. The van der Waals surface area contributed by atoms with Gasteiger partial charge in [-0.15, -0.1) is 0 Å².